The second-order valence-electron chi connectivity index (χ2n) is 5.32. The zero-order valence-corrected chi connectivity index (χ0v) is 13.0. The molecule has 0 saturated carbocycles. The summed E-state index contributed by atoms with van der Waals surface area (Å²) in [5, 5.41) is 0. The summed E-state index contributed by atoms with van der Waals surface area (Å²) in [4.78, 5) is 4.28. The fourth-order valence-electron chi connectivity index (χ4n) is 2.70. The van der Waals surface area contributed by atoms with Crippen LogP contribution in [0.3, 0.4) is 0 Å². The molecule has 1 saturated heterocycles. The SMILES string of the molecule is Cc1cc(Br)cc(-n2cncc2C(N)C2CCOC2)c1. The molecule has 0 radical (unpaired) electrons. The summed E-state index contributed by atoms with van der Waals surface area (Å²) in [5.41, 5.74) is 9.73. The van der Waals surface area contributed by atoms with Gasteiger partial charge in [-0.15, -0.1) is 0 Å². The van der Waals surface area contributed by atoms with Crippen molar-refractivity contribution >= 4 is 15.9 Å². The molecular formula is C15H18BrN3O. The van der Waals surface area contributed by atoms with Gasteiger partial charge in [-0.2, -0.15) is 0 Å². The predicted octanol–water partition coefficient (Wildman–Crippen LogP) is 2.98. The van der Waals surface area contributed by atoms with E-state index < -0.39 is 0 Å². The maximum Gasteiger partial charge on any atom is 0.0994 e. The number of aromatic nitrogens is 2. The maximum atomic E-state index is 6.41. The smallest absolute Gasteiger partial charge is 0.0994 e. The summed E-state index contributed by atoms with van der Waals surface area (Å²) >= 11 is 3.54. The van der Waals surface area contributed by atoms with E-state index >= 15 is 0 Å². The van der Waals surface area contributed by atoms with E-state index in [4.69, 9.17) is 10.5 Å². The zero-order valence-electron chi connectivity index (χ0n) is 11.4. The van der Waals surface area contributed by atoms with Crippen LogP contribution in [0.2, 0.25) is 0 Å². The number of imidazole rings is 1. The van der Waals surface area contributed by atoms with Crippen LogP contribution in [0.25, 0.3) is 5.69 Å². The van der Waals surface area contributed by atoms with Crippen molar-refractivity contribution in [1.82, 2.24) is 9.55 Å². The molecule has 0 amide bonds. The van der Waals surface area contributed by atoms with E-state index in [1.54, 1.807) is 0 Å². The van der Waals surface area contributed by atoms with E-state index in [1.807, 2.05) is 12.5 Å². The number of halogens is 1. The molecule has 0 bridgehead atoms. The molecule has 106 valence electrons. The van der Waals surface area contributed by atoms with Crippen LogP contribution >= 0.6 is 15.9 Å². The summed E-state index contributed by atoms with van der Waals surface area (Å²) < 4.78 is 8.57. The topological polar surface area (TPSA) is 53.1 Å². The van der Waals surface area contributed by atoms with Gasteiger partial charge in [0.15, 0.2) is 0 Å². The van der Waals surface area contributed by atoms with Crippen LogP contribution in [0.15, 0.2) is 35.2 Å². The van der Waals surface area contributed by atoms with Crippen LogP contribution in [0.4, 0.5) is 0 Å². The Hall–Kier alpha value is -1.17. The standard InChI is InChI=1S/C15H18BrN3O/c1-10-4-12(16)6-13(5-10)19-9-18-7-14(19)15(17)11-2-3-20-8-11/h4-7,9,11,15H,2-3,8,17H2,1H3. The van der Waals surface area contributed by atoms with Gasteiger partial charge in [0.05, 0.1) is 30.9 Å². The Morgan fingerprint density at radius 2 is 2.30 bits per heavy atom. The number of nitrogens with two attached hydrogens (primary N) is 1. The lowest BCUT2D eigenvalue weighted by atomic mass is 9.97. The van der Waals surface area contributed by atoms with Gasteiger partial charge in [0.1, 0.15) is 0 Å². The number of benzene rings is 1. The molecular weight excluding hydrogens is 318 g/mol. The van der Waals surface area contributed by atoms with Gasteiger partial charge in [-0.05, 0) is 37.1 Å². The molecule has 1 aromatic carbocycles. The molecule has 2 aromatic rings. The number of hydrogen-bond acceptors (Lipinski definition) is 3. The molecule has 4 nitrogen and oxygen atoms in total. The Bertz CT molecular complexity index is 585. The van der Waals surface area contributed by atoms with Crippen LogP contribution in [-0.4, -0.2) is 22.8 Å². The molecule has 1 aliphatic heterocycles. The van der Waals surface area contributed by atoms with E-state index in [9.17, 15) is 0 Å². The summed E-state index contributed by atoms with van der Waals surface area (Å²) in [7, 11) is 0. The van der Waals surface area contributed by atoms with E-state index in [0.29, 0.717) is 5.92 Å². The van der Waals surface area contributed by atoms with Gasteiger partial charge in [-0.1, -0.05) is 15.9 Å². The zero-order chi connectivity index (χ0) is 14.1. The minimum absolute atomic E-state index is 0.0423. The van der Waals surface area contributed by atoms with Crippen molar-refractivity contribution in [2.24, 2.45) is 11.7 Å². The van der Waals surface area contributed by atoms with Crippen molar-refractivity contribution < 1.29 is 4.74 Å². The van der Waals surface area contributed by atoms with Crippen molar-refractivity contribution in [3.8, 4) is 5.69 Å². The molecule has 2 unspecified atom stereocenters. The molecule has 2 heterocycles. The Labute approximate surface area is 127 Å². The lowest BCUT2D eigenvalue weighted by Crippen LogP contribution is -2.24. The quantitative estimate of drug-likeness (QED) is 0.938. The normalized spacial score (nSPS) is 20.2. The van der Waals surface area contributed by atoms with Crippen LogP contribution in [-0.2, 0) is 4.74 Å². The molecule has 2 atom stereocenters. The van der Waals surface area contributed by atoms with E-state index in [-0.39, 0.29) is 6.04 Å². The van der Waals surface area contributed by atoms with Gasteiger partial charge in [0, 0.05) is 22.7 Å². The summed E-state index contributed by atoms with van der Waals surface area (Å²) in [6.45, 7) is 3.63. The fraction of sp³-hybridized carbons (Fsp3) is 0.400. The van der Waals surface area contributed by atoms with Gasteiger partial charge < -0.3 is 15.0 Å². The lowest BCUT2D eigenvalue weighted by molar-refractivity contribution is 0.180. The Balaban J connectivity index is 1.96. The molecule has 1 aromatic heterocycles. The highest BCUT2D eigenvalue weighted by Gasteiger charge is 2.26. The van der Waals surface area contributed by atoms with E-state index in [1.165, 1.54) is 5.56 Å². The lowest BCUT2D eigenvalue weighted by Gasteiger charge is -2.19. The molecule has 1 aliphatic rings. The number of ether oxygens (including phenoxy) is 1. The highest BCUT2D eigenvalue weighted by Crippen LogP contribution is 2.29. The van der Waals surface area contributed by atoms with Crippen LogP contribution in [0, 0.1) is 12.8 Å². The predicted molar refractivity (Wildman–Crippen MR) is 81.9 cm³/mol. The number of nitrogens with zero attached hydrogens (tertiary/aromatic N) is 2. The fourth-order valence-corrected chi connectivity index (χ4v) is 3.30. The molecule has 0 aliphatic carbocycles. The highest BCUT2D eigenvalue weighted by molar-refractivity contribution is 9.10. The maximum absolute atomic E-state index is 6.41. The van der Waals surface area contributed by atoms with E-state index in [2.05, 4.69) is 50.6 Å². The number of hydrogen-bond donors (Lipinski definition) is 1. The monoisotopic (exact) mass is 335 g/mol. The van der Waals surface area contributed by atoms with Gasteiger partial charge in [0.25, 0.3) is 0 Å². The molecule has 0 spiro atoms. The van der Waals surface area contributed by atoms with Crippen molar-refractivity contribution in [3.05, 3.63) is 46.5 Å². The first-order valence-corrected chi connectivity index (χ1v) is 7.57. The number of aryl methyl sites for hydroxylation is 1. The van der Waals surface area contributed by atoms with Crippen molar-refractivity contribution in [1.29, 1.82) is 0 Å². The third kappa shape index (κ3) is 2.66. The van der Waals surface area contributed by atoms with Crippen LogP contribution in [0.1, 0.15) is 23.7 Å². The summed E-state index contributed by atoms with van der Waals surface area (Å²) in [5.74, 6) is 0.374. The Morgan fingerprint density at radius 1 is 1.45 bits per heavy atom. The average Bonchev–Trinajstić information content (AvgIpc) is 3.08. The first-order valence-electron chi connectivity index (χ1n) is 6.78. The minimum atomic E-state index is -0.0423. The second-order valence-corrected chi connectivity index (χ2v) is 6.24. The molecule has 2 N–H and O–H groups in total. The Morgan fingerprint density at radius 3 is 3.00 bits per heavy atom. The highest BCUT2D eigenvalue weighted by atomic mass is 79.9. The van der Waals surface area contributed by atoms with Gasteiger partial charge in [-0.3, -0.25) is 0 Å². The summed E-state index contributed by atoms with van der Waals surface area (Å²) in [6.07, 6.45) is 4.70. The first kappa shape index (κ1) is 13.8. The molecule has 3 rings (SSSR count). The first-order chi connectivity index (χ1) is 9.65. The average molecular weight is 336 g/mol. The van der Waals surface area contributed by atoms with Gasteiger partial charge in [-0.25, -0.2) is 4.98 Å². The second kappa shape index (κ2) is 5.68. The third-order valence-corrected chi connectivity index (χ3v) is 4.24. The number of rotatable bonds is 3. The van der Waals surface area contributed by atoms with E-state index in [0.717, 1.165) is 35.5 Å². The van der Waals surface area contributed by atoms with Crippen molar-refractivity contribution in [2.75, 3.05) is 13.2 Å². The Kier molecular flexibility index (Phi) is 3.92. The molecule has 1 fully saturated rings. The summed E-state index contributed by atoms with van der Waals surface area (Å²) in [6, 6.07) is 6.26. The molecule has 20 heavy (non-hydrogen) atoms. The van der Waals surface area contributed by atoms with Crippen molar-refractivity contribution in [3.63, 3.8) is 0 Å². The van der Waals surface area contributed by atoms with Gasteiger partial charge in [0.2, 0.25) is 0 Å². The third-order valence-electron chi connectivity index (χ3n) is 3.79. The molecule has 5 heteroatoms. The van der Waals surface area contributed by atoms with Crippen LogP contribution < -0.4 is 5.73 Å². The van der Waals surface area contributed by atoms with Crippen molar-refractivity contribution in [2.45, 2.75) is 19.4 Å². The van der Waals surface area contributed by atoms with Gasteiger partial charge >= 0.3 is 0 Å². The van der Waals surface area contributed by atoms with Crippen LogP contribution in [0.5, 0.6) is 0 Å². The largest absolute Gasteiger partial charge is 0.381 e. The minimum Gasteiger partial charge on any atom is -0.381 e.